The zero-order valence-corrected chi connectivity index (χ0v) is 14.8. The number of nitrogens with zero attached hydrogens (tertiary/aromatic N) is 3. The van der Waals surface area contributed by atoms with Crippen LogP contribution in [0.5, 0.6) is 5.75 Å². The third-order valence-electron chi connectivity index (χ3n) is 5.00. The molecule has 0 bridgehead atoms. The van der Waals surface area contributed by atoms with E-state index in [4.69, 9.17) is 4.74 Å². The molecule has 1 atom stereocenters. The summed E-state index contributed by atoms with van der Waals surface area (Å²) in [4.78, 5) is 19.4. The highest BCUT2D eigenvalue weighted by Gasteiger charge is 2.26. The van der Waals surface area contributed by atoms with Crippen molar-refractivity contribution in [3.8, 4) is 5.75 Å². The molecule has 1 N–H and O–H groups in total. The summed E-state index contributed by atoms with van der Waals surface area (Å²) in [5.41, 5.74) is 2.82. The van der Waals surface area contributed by atoms with Gasteiger partial charge in [0.1, 0.15) is 5.75 Å². The fourth-order valence-corrected chi connectivity index (χ4v) is 3.58. The largest absolute Gasteiger partial charge is 0.497 e. The lowest BCUT2D eigenvalue weighted by molar-refractivity contribution is -0.131. The number of hydrogen-bond donors (Lipinski definition) is 1. The predicted molar refractivity (Wildman–Crippen MR) is 99.1 cm³/mol. The lowest BCUT2D eigenvalue weighted by Gasteiger charge is -2.32. The molecule has 3 aromatic rings. The van der Waals surface area contributed by atoms with Gasteiger partial charge >= 0.3 is 0 Å². The van der Waals surface area contributed by atoms with Crippen LogP contribution in [0.4, 0.5) is 0 Å². The van der Waals surface area contributed by atoms with E-state index >= 15 is 0 Å². The number of piperidine rings is 1. The van der Waals surface area contributed by atoms with Gasteiger partial charge in [0.05, 0.1) is 19.7 Å². The first kappa shape index (κ1) is 16.6. The molecule has 0 aliphatic carbocycles. The van der Waals surface area contributed by atoms with Crippen molar-refractivity contribution in [2.24, 2.45) is 0 Å². The summed E-state index contributed by atoms with van der Waals surface area (Å²) in [6.07, 6.45) is 4.22. The number of nitrogens with one attached hydrogen (secondary N) is 1. The molecular formula is C20H22N4O2. The molecule has 1 aromatic carbocycles. The molecule has 0 radical (unpaired) electrons. The highest BCUT2D eigenvalue weighted by Crippen LogP contribution is 2.27. The molecule has 1 saturated heterocycles. The number of pyridine rings is 1. The maximum Gasteiger partial charge on any atom is 0.227 e. The van der Waals surface area contributed by atoms with Crippen LogP contribution in [0.1, 0.15) is 30.0 Å². The van der Waals surface area contributed by atoms with Crippen molar-refractivity contribution in [1.82, 2.24) is 20.1 Å². The Hall–Kier alpha value is -2.89. The molecule has 3 heterocycles. The van der Waals surface area contributed by atoms with Gasteiger partial charge < -0.3 is 9.64 Å². The molecule has 0 saturated carbocycles. The number of benzene rings is 1. The van der Waals surface area contributed by atoms with Crippen molar-refractivity contribution in [2.75, 3.05) is 20.2 Å². The molecule has 26 heavy (non-hydrogen) atoms. The van der Waals surface area contributed by atoms with Crippen molar-refractivity contribution in [3.05, 3.63) is 53.9 Å². The van der Waals surface area contributed by atoms with Crippen LogP contribution in [0.2, 0.25) is 0 Å². The maximum absolute atomic E-state index is 12.8. The second-order valence-electron chi connectivity index (χ2n) is 6.75. The van der Waals surface area contributed by atoms with Crippen LogP contribution in [0.15, 0.2) is 42.6 Å². The van der Waals surface area contributed by atoms with Gasteiger partial charge in [-0.3, -0.25) is 9.89 Å². The number of aromatic amines is 1. The molecule has 1 unspecified atom stereocenters. The van der Waals surface area contributed by atoms with Crippen molar-refractivity contribution >= 4 is 16.9 Å². The number of rotatable bonds is 4. The summed E-state index contributed by atoms with van der Waals surface area (Å²) in [6.45, 7) is 1.53. The third-order valence-corrected chi connectivity index (χ3v) is 5.00. The van der Waals surface area contributed by atoms with E-state index in [0.29, 0.717) is 6.42 Å². The fraction of sp³-hybridized carbons (Fsp3) is 0.350. The standard InChI is InChI=1S/C20H22N4O2/c1-26-17-6-2-4-14(10-17)11-19(25)24-9-3-5-16(13-24)18-8-7-15-12-21-23-20(15)22-18/h2,4,6-8,10,12,16H,3,5,9,11,13H2,1H3,(H,21,22,23). The van der Waals surface area contributed by atoms with E-state index in [2.05, 4.69) is 21.2 Å². The molecule has 1 fully saturated rings. The summed E-state index contributed by atoms with van der Waals surface area (Å²) in [7, 11) is 1.64. The first-order valence-corrected chi connectivity index (χ1v) is 8.93. The van der Waals surface area contributed by atoms with E-state index < -0.39 is 0 Å². The van der Waals surface area contributed by atoms with E-state index in [1.165, 1.54) is 0 Å². The fourth-order valence-electron chi connectivity index (χ4n) is 3.58. The highest BCUT2D eigenvalue weighted by atomic mass is 16.5. The lowest BCUT2D eigenvalue weighted by atomic mass is 9.93. The molecular weight excluding hydrogens is 328 g/mol. The Labute approximate surface area is 152 Å². The minimum Gasteiger partial charge on any atom is -0.497 e. The second kappa shape index (κ2) is 7.15. The second-order valence-corrected chi connectivity index (χ2v) is 6.75. The number of carbonyl (C=O) groups is 1. The van der Waals surface area contributed by atoms with Gasteiger partial charge in [-0.15, -0.1) is 0 Å². The zero-order chi connectivity index (χ0) is 17.9. The maximum atomic E-state index is 12.8. The third kappa shape index (κ3) is 3.40. The topological polar surface area (TPSA) is 71.1 Å². The normalized spacial score (nSPS) is 17.4. The molecule has 1 amide bonds. The van der Waals surface area contributed by atoms with Crippen molar-refractivity contribution in [3.63, 3.8) is 0 Å². The first-order chi connectivity index (χ1) is 12.7. The van der Waals surface area contributed by atoms with Gasteiger partial charge in [0.25, 0.3) is 0 Å². The first-order valence-electron chi connectivity index (χ1n) is 8.93. The molecule has 0 spiro atoms. The Balaban J connectivity index is 1.46. The number of amides is 1. The van der Waals surface area contributed by atoms with E-state index in [1.54, 1.807) is 13.3 Å². The molecule has 1 aliphatic rings. The average Bonchev–Trinajstić information content (AvgIpc) is 3.16. The van der Waals surface area contributed by atoms with Gasteiger partial charge in [-0.1, -0.05) is 12.1 Å². The van der Waals surface area contributed by atoms with Crippen LogP contribution >= 0.6 is 0 Å². The van der Waals surface area contributed by atoms with Gasteiger partial charge in [0, 0.05) is 30.1 Å². The number of hydrogen-bond acceptors (Lipinski definition) is 4. The van der Waals surface area contributed by atoms with E-state index in [9.17, 15) is 4.79 Å². The summed E-state index contributed by atoms with van der Waals surface area (Å²) in [5.74, 6) is 1.21. The average molecular weight is 350 g/mol. The Morgan fingerprint density at radius 1 is 1.35 bits per heavy atom. The Kier molecular flexibility index (Phi) is 4.56. The quantitative estimate of drug-likeness (QED) is 0.785. The Bertz CT molecular complexity index is 921. The molecule has 4 rings (SSSR count). The molecule has 134 valence electrons. The molecule has 6 nitrogen and oxygen atoms in total. The minimum absolute atomic E-state index is 0.158. The Morgan fingerprint density at radius 2 is 2.27 bits per heavy atom. The van der Waals surface area contributed by atoms with E-state index in [1.807, 2.05) is 35.2 Å². The van der Waals surface area contributed by atoms with E-state index in [-0.39, 0.29) is 11.8 Å². The monoisotopic (exact) mass is 350 g/mol. The zero-order valence-electron chi connectivity index (χ0n) is 14.8. The molecule has 2 aromatic heterocycles. The number of ether oxygens (including phenoxy) is 1. The van der Waals surface area contributed by atoms with Gasteiger partial charge in [-0.2, -0.15) is 5.10 Å². The number of likely N-dealkylation sites (tertiary alicyclic amines) is 1. The van der Waals surface area contributed by atoms with Crippen LogP contribution in [0.25, 0.3) is 11.0 Å². The van der Waals surface area contributed by atoms with Crippen molar-refractivity contribution in [1.29, 1.82) is 0 Å². The van der Waals surface area contributed by atoms with Crippen LogP contribution < -0.4 is 4.74 Å². The van der Waals surface area contributed by atoms with Crippen LogP contribution in [-0.2, 0) is 11.2 Å². The summed E-state index contributed by atoms with van der Waals surface area (Å²) >= 11 is 0. The van der Waals surface area contributed by atoms with Crippen molar-refractivity contribution in [2.45, 2.75) is 25.2 Å². The summed E-state index contributed by atoms with van der Waals surface area (Å²) in [6, 6.07) is 11.8. The Morgan fingerprint density at radius 3 is 3.15 bits per heavy atom. The van der Waals surface area contributed by atoms with Gasteiger partial charge in [-0.25, -0.2) is 4.98 Å². The smallest absolute Gasteiger partial charge is 0.227 e. The van der Waals surface area contributed by atoms with Crippen molar-refractivity contribution < 1.29 is 9.53 Å². The number of fused-ring (bicyclic) bond motifs is 1. The predicted octanol–water partition coefficient (Wildman–Crippen LogP) is 2.92. The minimum atomic E-state index is 0.158. The molecule has 1 aliphatic heterocycles. The number of H-pyrrole nitrogens is 1. The highest BCUT2D eigenvalue weighted by molar-refractivity contribution is 5.79. The van der Waals surface area contributed by atoms with E-state index in [0.717, 1.165) is 54.0 Å². The van der Waals surface area contributed by atoms with Gasteiger partial charge in [0.15, 0.2) is 5.65 Å². The number of aromatic nitrogens is 3. The van der Waals surface area contributed by atoms with Crippen LogP contribution in [0.3, 0.4) is 0 Å². The summed E-state index contributed by atoms with van der Waals surface area (Å²) < 4.78 is 5.24. The number of methoxy groups -OCH3 is 1. The summed E-state index contributed by atoms with van der Waals surface area (Å²) in [5, 5.41) is 7.96. The van der Waals surface area contributed by atoms with Gasteiger partial charge in [-0.05, 0) is 42.7 Å². The number of carbonyl (C=O) groups excluding carboxylic acids is 1. The van der Waals surface area contributed by atoms with Gasteiger partial charge in [0.2, 0.25) is 5.91 Å². The SMILES string of the molecule is COc1cccc(CC(=O)N2CCCC(c3ccc4cn[nH]c4n3)C2)c1. The lowest BCUT2D eigenvalue weighted by Crippen LogP contribution is -2.40. The van der Waals surface area contributed by atoms with Crippen LogP contribution in [0, 0.1) is 0 Å². The molecule has 6 heteroatoms. The van der Waals surface area contributed by atoms with Crippen LogP contribution in [-0.4, -0.2) is 46.2 Å².